The highest BCUT2D eigenvalue weighted by molar-refractivity contribution is 7.89. The molecule has 10 heteroatoms. The molecule has 3 aromatic rings. The van der Waals surface area contributed by atoms with Gasteiger partial charge in [0.15, 0.2) is 0 Å². The van der Waals surface area contributed by atoms with Gasteiger partial charge in [0.05, 0.1) is 30.1 Å². The SMILES string of the molecule is CCOC(=O)C1CCC(CN(Cc2ccc(OC)cc2)S(=O)(=O)c2ccc(F)c(C(=O)Nc3ccc(C)c(C)c3)c2)CC1. The average molecular weight is 611 g/mol. The van der Waals surface area contributed by atoms with Crippen molar-refractivity contribution >= 4 is 27.6 Å². The van der Waals surface area contributed by atoms with Gasteiger partial charge in [-0.3, -0.25) is 9.59 Å². The molecule has 1 fully saturated rings. The average Bonchev–Trinajstić information content (AvgIpc) is 2.99. The fraction of sp³-hybridized carbons (Fsp3) is 0.394. The molecule has 1 amide bonds. The lowest BCUT2D eigenvalue weighted by atomic mass is 9.82. The van der Waals surface area contributed by atoms with E-state index >= 15 is 0 Å². The monoisotopic (exact) mass is 610 g/mol. The number of anilines is 1. The number of hydrogen-bond donors (Lipinski definition) is 1. The molecule has 3 aromatic carbocycles. The van der Waals surface area contributed by atoms with Crippen molar-refractivity contribution in [3.63, 3.8) is 0 Å². The lowest BCUT2D eigenvalue weighted by Crippen LogP contribution is -2.37. The van der Waals surface area contributed by atoms with Crippen LogP contribution >= 0.6 is 0 Å². The van der Waals surface area contributed by atoms with Crippen molar-refractivity contribution in [1.82, 2.24) is 4.31 Å². The molecule has 0 heterocycles. The Bertz CT molecular complexity index is 1550. The Kier molecular flexibility index (Phi) is 10.6. The molecule has 1 aliphatic rings. The second-order valence-electron chi connectivity index (χ2n) is 11.0. The van der Waals surface area contributed by atoms with E-state index in [1.807, 2.05) is 19.9 Å². The van der Waals surface area contributed by atoms with Gasteiger partial charge in [-0.2, -0.15) is 4.31 Å². The fourth-order valence-electron chi connectivity index (χ4n) is 5.32. The molecule has 0 bridgehead atoms. The summed E-state index contributed by atoms with van der Waals surface area (Å²) in [7, 11) is -2.59. The van der Waals surface area contributed by atoms with Gasteiger partial charge in [-0.1, -0.05) is 18.2 Å². The summed E-state index contributed by atoms with van der Waals surface area (Å²) in [4.78, 5) is 25.1. The zero-order valence-electron chi connectivity index (χ0n) is 25.1. The van der Waals surface area contributed by atoms with Crippen LogP contribution in [-0.2, 0) is 26.1 Å². The van der Waals surface area contributed by atoms with E-state index in [-0.39, 0.29) is 41.4 Å². The van der Waals surface area contributed by atoms with Crippen LogP contribution < -0.4 is 10.1 Å². The zero-order chi connectivity index (χ0) is 31.1. The summed E-state index contributed by atoms with van der Waals surface area (Å²) in [5.74, 6) is -1.28. The van der Waals surface area contributed by atoms with Crippen molar-refractivity contribution in [1.29, 1.82) is 0 Å². The summed E-state index contributed by atoms with van der Waals surface area (Å²) in [6.45, 7) is 6.24. The number of nitrogens with one attached hydrogen (secondary N) is 1. The number of hydrogen-bond acceptors (Lipinski definition) is 6. The first kappa shape index (κ1) is 32.2. The molecule has 230 valence electrons. The van der Waals surface area contributed by atoms with E-state index in [2.05, 4.69) is 5.32 Å². The number of carbonyl (C=O) groups is 2. The summed E-state index contributed by atoms with van der Waals surface area (Å²) in [5, 5.41) is 2.68. The Morgan fingerprint density at radius 2 is 1.65 bits per heavy atom. The van der Waals surface area contributed by atoms with Crippen molar-refractivity contribution in [3.8, 4) is 5.75 Å². The van der Waals surface area contributed by atoms with Crippen LogP contribution in [0.2, 0.25) is 0 Å². The predicted molar refractivity (Wildman–Crippen MR) is 163 cm³/mol. The number of rotatable bonds is 11. The van der Waals surface area contributed by atoms with Gasteiger partial charge in [-0.05, 0) is 112 Å². The van der Waals surface area contributed by atoms with Gasteiger partial charge < -0.3 is 14.8 Å². The van der Waals surface area contributed by atoms with E-state index in [0.717, 1.165) is 28.8 Å². The molecule has 0 aromatic heterocycles. The third kappa shape index (κ3) is 8.00. The maximum atomic E-state index is 14.9. The van der Waals surface area contributed by atoms with Gasteiger partial charge in [0.2, 0.25) is 10.0 Å². The van der Waals surface area contributed by atoms with Gasteiger partial charge in [0.1, 0.15) is 11.6 Å². The van der Waals surface area contributed by atoms with E-state index in [4.69, 9.17) is 9.47 Å². The van der Waals surface area contributed by atoms with Crippen molar-refractivity contribution in [2.45, 2.75) is 57.9 Å². The topological polar surface area (TPSA) is 102 Å². The molecular formula is C33H39FN2O6S. The van der Waals surface area contributed by atoms with E-state index < -0.39 is 21.7 Å². The smallest absolute Gasteiger partial charge is 0.308 e. The molecule has 43 heavy (non-hydrogen) atoms. The fourth-order valence-corrected chi connectivity index (χ4v) is 6.85. The van der Waals surface area contributed by atoms with Crippen molar-refractivity contribution < 1.29 is 31.9 Å². The summed E-state index contributed by atoms with van der Waals surface area (Å²) < 4.78 is 54.9. The molecule has 0 radical (unpaired) electrons. The largest absolute Gasteiger partial charge is 0.497 e. The quantitative estimate of drug-likeness (QED) is 0.257. The van der Waals surface area contributed by atoms with Crippen molar-refractivity contribution in [2.75, 3.05) is 25.6 Å². The minimum Gasteiger partial charge on any atom is -0.497 e. The number of aryl methyl sites for hydroxylation is 2. The number of carbonyl (C=O) groups excluding carboxylic acids is 2. The van der Waals surface area contributed by atoms with Gasteiger partial charge in [-0.25, -0.2) is 12.8 Å². The van der Waals surface area contributed by atoms with Crippen LogP contribution in [0.5, 0.6) is 5.75 Å². The Morgan fingerprint density at radius 1 is 0.953 bits per heavy atom. The lowest BCUT2D eigenvalue weighted by Gasteiger charge is -2.31. The van der Waals surface area contributed by atoms with Crippen LogP contribution in [0.4, 0.5) is 10.1 Å². The van der Waals surface area contributed by atoms with Gasteiger partial charge in [0, 0.05) is 18.8 Å². The summed E-state index contributed by atoms with van der Waals surface area (Å²) in [5.41, 5.74) is 2.88. The molecule has 1 aliphatic carbocycles. The third-order valence-corrected chi connectivity index (χ3v) is 9.84. The zero-order valence-corrected chi connectivity index (χ0v) is 25.9. The predicted octanol–water partition coefficient (Wildman–Crippen LogP) is 6.26. The summed E-state index contributed by atoms with van der Waals surface area (Å²) in [6, 6.07) is 15.8. The first-order valence-electron chi connectivity index (χ1n) is 14.5. The lowest BCUT2D eigenvalue weighted by molar-refractivity contribution is -0.149. The Hall–Kier alpha value is -3.76. The molecule has 0 spiro atoms. The van der Waals surface area contributed by atoms with Crippen molar-refractivity contribution in [3.05, 3.63) is 88.7 Å². The number of sulfonamides is 1. The Labute approximate surface area is 253 Å². The molecule has 0 saturated heterocycles. The van der Waals surface area contributed by atoms with E-state index in [9.17, 15) is 22.4 Å². The normalized spacial score (nSPS) is 17.0. The number of ether oxygens (including phenoxy) is 2. The number of benzene rings is 3. The van der Waals surface area contributed by atoms with Crippen LogP contribution in [0.15, 0.2) is 65.6 Å². The third-order valence-electron chi connectivity index (χ3n) is 8.03. The maximum absolute atomic E-state index is 14.9. The second-order valence-corrected chi connectivity index (χ2v) is 12.9. The first-order valence-corrected chi connectivity index (χ1v) is 15.9. The second kappa shape index (κ2) is 14.1. The molecule has 1 N–H and O–H groups in total. The van der Waals surface area contributed by atoms with Gasteiger partial charge in [0.25, 0.3) is 5.91 Å². The molecule has 0 aliphatic heterocycles. The molecule has 1 saturated carbocycles. The van der Waals surface area contributed by atoms with Crippen LogP contribution in [0.25, 0.3) is 0 Å². The minimum absolute atomic E-state index is 0.0201. The maximum Gasteiger partial charge on any atom is 0.308 e. The number of methoxy groups -OCH3 is 1. The Balaban J connectivity index is 1.59. The van der Waals surface area contributed by atoms with Crippen LogP contribution in [0, 0.1) is 31.5 Å². The van der Waals surface area contributed by atoms with Gasteiger partial charge in [-0.15, -0.1) is 0 Å². The van der Waals surface area contributed by atoms with Crippen LogP contribution in [-0.4, -0.2) is 44.9 Å². The number of amides is 1. The van der Waals surface area contributed by atoms with Crippen molar-refractivity contribution in [2.24, 2.45) is 11.8 Å². The Morgan fingerprint density at radius 3 is 2.28 bits per heavy atom. The molecule has 8 nitrogen and oxygen atoms in total. The number of esters is 1. The van der Waals surface area contributed by atoms with Gasteiger partial charge >= 0.3 is 5.97 Å². The molecule has 0 atom stereocenters. The molecule has 0 unspecified atom stereocenters. The van der Waals surface area contributed by atoms with E-state index in [1.54, 1.807) is 50.4 Å². The first-order chi connectivity index (χ1) is 20.5. The number of halogens is 1. The van der Waals surface area contributed by atoms with Crippen LogP contribution in [0.1, 0.15) is 59.7 Å². The molecular weight excluding hydrogens is 571 g/mol. The molecule has 4 rings (SSSR count). The summed E-state index contributed by atoms with van der Waals surface area (Å²) >= 11 is 0. The highest BCUT2D eigenvalue weighted by atomic mass is 32.2. The standard InChI is InChI=1S/C33H39FN2O6S/c1-5-42-33(38)26-11-7-24(8-12-26)20-36(21-25-9-14-28(41-4)15-10-25)43(39,40)29-16-17-31(34)30(19-29)32(37)35-27-13-6-22(2)23(3)18-27/h6,9-10,13-19,24,26H,5,7-8,11-12,20-21H2,1-4H3,(H,35,37). The summed E-state index contributed by atoms with van der Waals surface area (Å²) in [6.07, 6.45) is 2.59. The van der Waals surface area contributed by atoms with Crippen LogP contribution in [0.3, 0.4) is 0 Å². The number of nitrogens with zero attached hydrogens (tertiary/aromatic N) is 1. The minimum atomic E-state index is -4.15. The van der Waals surface area contributed by atoms with E-state index in [1.165, 1.54) is 10.4 Å². The van der Waals surface area contributed by atoms with E-state index in [0.29, 0.717) is 43.7 Å². The highest BCUT2D eigenvalue weighted by Gasteiger charge is 2.33. The highest BCUT2D eigenvalue weighted by Crippen LogP contribution is 2.32.